The van der Waals surface area contributed by atoms with Crippen LogP contribution in [-0.2, 0) is 9.53 Å². The Labute approximate surface area is 134 Å². The van der Waals surface area contributed by atoms with E-state index in [9.17, 15) is 18.7 Å². The number of halogens is 4. The van der Waals surface area contributed by atoms with Crippen molar-refractivity contribution >= 4 is 34.3 Å². The van der Waals surface area contributed by atoms with Gasteiger partial charge in [-0.3, -0.25) is 0 Å². The molecule has 0 spiro atoms. The number of carbonyl (C=O) groups is 1. The number of hydrogen-bond donors (Lipinski definition) is 2. The lowest BCUT2D eigenvalue weighted by Crippen LogP contribution is -2.41. The molecule has 0 aliphatic rings. The van der Waals surface area contributed by atoms with E-state index >= 15 is 0 Å². The first kappa shape index (κ1) is 19.9. The average Bonchev–Trinajstić information content (AvgIpc) is 2.41. The first-order chi connectivity index (χ1) is 9.25. The van der Waals surface area contributed by atoms with Gasteiger partial charge in [-0.05, 0) is 40.5 Å². The molecule has 0 fully saturated rings. The molecule has 1 aromatic rings. The van der Waals surface area contributed by atoms with E-state index in [4.69, 9.17) is 10.5 Å². The highest BCUT2D eigenvalue weighted by Crippen LogP contribution is 2.39. The predicted octanol–water partition coefficient (Wildman–Crippen LogP) is 2.78. The topological polar surface area (TPSA) is 81.8 Å². The quantitative estimate of drug-likeness (QED) is 0.756. The number of carbonyl (C=O) groups excluding carboxylic acids is 1. The highest BCUT2D eigenvalue weighted by Gasteiger charge is 2.48. The van der Waals surface area contributed by atoms with Crippen LogP contribution >= 0.6 is 28.3 Å². The van der Waals surface area contributed by atoms with E-state index in [1.807, 2.05) is 0 Å². The second-order valence-electron chi connectivity index (χ2n) is 3.87. The number of aromatic hydroxyl groups is 1. The molecular weight excluding hydrogens is 375 g/mol. The van der Waals surface area contributed by atoms with Gasteiger partial charge in [0, 0.05) is 0 Å². The molecule has 0 radical (unpaired) electrons. The van der Waals surface area contributed by atoms with Crippen molar-refractivity contribution in [2.75, 3.05) is 13.7 Å². The summed E-state index contributed by atoms with van der Waals surface area (Å²) in [7, 11) is 1.26. The number of hydrogen-bond acceptors (Lipinski definition) is 5. The van der Waals surface area contributed by atoms with Crippen molar-refractivity contribution < 1.29 is 28.2 Å². The zero-order chi connectivity index (χ0) is 15.5. The average molecular weight is 391 g/mol. The summed E-state index contributed by atoms with van der Waals surface area (Å²) >= 11 is 2.99. The van der Waals surface area contributed by atoms with Crippen molar-refractivity contribution in [3.63, 3.8) is 0 Å². The molecule has 0 unspecified atom stereocenters. The number of esters is 1. The fourth-order valence-corrected chi connectivity index (χ4v) is 1.95. The third kappa shape index (κ3) is 4.18. The molecule has 3 N–H and O–H groups in total. The van der Waals surface area contributed by atoms with Gasteiger partial charge in [0.2, 0.25) is 0 Å². The van der Waals surface area contributed by atoms with E-state index in [0.717, 1.165) is 6.07 Å². The highest BCUT2D eigenvalue weighted by atomic mass is 79.9. The first-order valence-corrected chi connectivity index (χ1v) is 6.42. The third-order valence-electron chi connectivity index (χ3n) is 2.57. The highest BCUT2D eigenvalue weighted by molar-refractivity contribution is 9.10. The lowest BCUT2D eigenvalue weighted by molar-refractivity contribution is -0.174. The summed E-state index contributed by atoms with van der Waals surface area (Å²) in [5.74, 6) is -5.87. The monoisotopic (exact) mass is 389 g/mol. The second kappa shape index (κ2) is 7.77. The summed E-state index contributed by atoms with van der Waals surface area (Å²) < 4.78 is 36.9. The zero-order valence-corrected chi connectivity index (χ0v) is 13.6. The molecule has 5 nitrogen and oxygen atoms in total. The Morgan fingerprint density at radius 2 is 2.10 bits per heavy atom. The lowest BCUT2D eigenvalue weighted by atomic mass is 10.0. The summed E-state index contributed by atoms with van der Waals surface area (Å²) in [4.78, 5) is 11.2. The Morgan fingerprint density at radius 3 is 2.57 bits per heavy atom. The van der Waals surface area contributed by atoms with Crippen LogP contribution in [0.1, 0.15) is 18.5 Å². The van der Waals surface area contributed by atoms with Crippen LogP contribution in [0.15, 0.2) is 16.6 Å². The second-order valence-corrected chi connectivity index (χ2v) is 4.73. The van der Waals surface area contributed by atoms with Crippen LogP contribution in [0.25, 0.3) is 0 Å². The van der Waals surface area contributed by atoms with Crippen LogP contribution in [0.3, 0.4) is 0 Å². The predicted molar refractivity (Wildman–Crippen MR) is 78.1 cm³/mol. The fraction of sp³-hybridized carbons (Fsp3) is 0.417. The molecule has 0 amide bonds. The van der Waals surface area contributed by atoms with Crippen LogP contribution in [0.4, 0.5) is 8.78 Å². The maximum atomic E-state index is 13.8. The number of phenolic OH excluding ortho intramolecular Hbond substituents is 1. The standard InChI is InChI=1S/C12H14BrF2NO4.ClH/c1-3-20-11(18)12(14,15)10(16)6-4-7(13)9(17)8(5-6)19-2;/h4-5,10,17H,3,16H2,1-2H3;1H/t10-;/m1./s1. The van der Waals surface area contributed by atoms with Crippen molar-refractivity contribution in [3.05, 3.63) is 22.2 Å². The number of methoxy groups -OCH3 is 1. The molecule has 21 heavy (non-hydrogen) atoms. The summed E-state index contributed by atoms with van der Waals surface area (Å²) in [6, 6.07) is 0.403. The van der Waals surface area contributed by atoms with E-state index < -0.39 is 17.9 Å². The van der Waals surface area contributed by atoms with Crippen LogP contribution < -0.4 is 10.5 Å². The smallest absolute Gasteiger partial charge is 0.379 e. The molecule has 0 saturated heterocycles. The van der Waals surface area contributed by atoms with Gasteiger partial charge in [0.05, 0.1) is 18.2 Å². The fourth-order valence-electron chi connectivity index (χ4n) is 1.49. The molecule has 1 atom stereocenters. The number of benzene rings is 1. The van der Waals surface area contributed by atoms with Crippen LogP contribution in [-0.4, -0.2) is 30.7 Å². The minimum absolute atomic E-state index is 0. The summed E-state index contributed by atoms with van der Waals surface area (Å²) in [6.45, 7) is 1.24. The van der Waals surface area contributed by atoms with Crippen molar-refractivity contribution in [3.8, 4) is 11.5 Å². The van der Waals surface area contributed by atoms with Gasteiger partial charge >= 0.3 is 11.9 Å². The maximum absolute atomic E-state index is 13.8. The third-order valence-corrected chi connectivity index (χ3v) is 3.17. The molecule has 0 aliphatic heterocycles. The molecule has 9 heteroatoms. The Hall–Kier alpha value is -1.12. The van der Waals surface area contributed by atoms with Crippen LogP contribution in [0.2, 0.25) is 0 Å². The van der Waals surface area contributed by atoms with E-state index in [2.05, 4.69) is 20.7 Å². The number of nitrogens with two attached hydrogens (primary N) is 1. The van der Waals surface area contributed by atoms with Gasteiger partial charge < -0.3 is 20.3 Å². The first-order valence-electron chi connectivity index (χ1n) is 5.62. The van der Waals surface area contributed by atoms with E-state index in [0.29, 0.717) is 0 Å². The number of rotatable bonds is 5. The Bertz CT molecular complexity index is 516. The molecule has 120 valence electrons. The number of ether oxygens (including phenoxy) is 2. The minimum atomic E-state index is -3.89. The van der Waals surface area contributed by atoms with Gasteiger partial charge in [0.15, 0.2) is 11.5 Å². The van der Waals surface area contributed by atoms with Crippen molar-refractivity contribution in [1.82, 2.24) is 0 Å². The van der Waals surface area contributed by atoms with Crippen LogP contribution in [0, 0.1) is 0 Å². The molecule has 1 aromatic carbocycles. The minimum Gasteiger partial charge on any atom is -0.503 e. The van der Waals surface area contributed by atoms with Gasteiger partial charge in [0.25, 0.3) is 0 Å². The number of phenols is 1. The maximum Gasteiger partial charge on any atom is 0.379 e. The van der Waals surface area contributed by atoms with E-state index in [-0.39, 0.29) is 40.5 Å². The largest absolute Gasteiger partial charge is 0.503 e. The van der Waals surface area contributed by atoms with Crippen molar-refractivity contribution in [2.24, 2.45) is 5.73 Å². The molecule has 0 aromatic heterocycles. The Kier molecular flexibility index (Phi) is 7.35. The summed E-state index contributed by atoms with van der Waals surface area (Å²) in [6.07, 6.45) is 0. The number of alkyl halides is 2. The molecule has 0 heterocycles. The molecular formula is C12H15BrClF2NO4. The molecule has 1 rings (SSSR count). The molecule has 0 bridgehead atoms. The van der Waals surface area contributed by atoms with E-state index in [1.165, 1.54) is 20.1 Å². The van der Waals surface area contributed by atoms with Gasteiger partial charge in [-0.2, -0.15) is 8.78 Å². The van der Waals surface area contributed by atoms with Crippen LogP contribution in [0.5, 0.6) is 11.5 Å². The van der Waals surface area contributed by atoms with Gasteiger partial charge in [-0.25, -0.2) is 4.79 Å². The zero-order valence-electron chi connectivity index (χ0n) is 11.2. The molecule has 0 saturated carbocycles. The van der Waals surface area contributed by atoms with Crippen molar-refractivity contribution in [2.45, 2.75) is 18.9 Å². The summed E-state index contributed by atoms with van der Waals surface area (Å²) in [5.41, 5.74) is 5.36. The molecule has 0 aliphatic carbocycles. The van der Waals surface area contributed by atoms with Crippen molar-refractivity contribution in [1.29, 1.82) is 0 Å². The normalized spacial score (nSPS) is 12.3. The summed E-state index contributed by atoms with van der Waals surface area (Å²) in [5, 5.41) is 9.61. The van der Waals surface area contributed by atoms with E-state index in [1.54, 1.807) is 0 Å². The van der Waals surface area contributed by atoms with Gasteiger partial charge in [-0.15, -0.1) is 12.4 Å². The lowest BCUT2D eigenvalue weighted by Gasteiger charge is -2.22. The SMILES string of the molecule is CCOC(=O)C(F)(F)[C@H](N)c1cc(Br)c(O)c(OC)c1.Cl. The Balaban J connectivity index is 0.00000400. The van der Waals surface area contributed by atoms with Gasteiger partial charge in [-0.1, -0.05) is 0 Å². The van der Waals surface area contributed by atoms with Gasteiger partial charge in [0.1, 0.15) is 6.04 Å². The Morgan fingerprint density at radius 1 is 1.52 bits per heavy atom.